The highest BCUT2D eigenvalue weighted by Crippen LogP contribution is 2.78. The minimum atomic E-state index is -1.13. The molecule has 33 heavy (non-hydrogen) atoms. The number of carbonyl (C=O) groups excluding carboxylic acids is 3. The zero-order chi connectivity index (χ0) is 23.8. The first-order valence-corrected chi connectivity index (χ1v) is 11.7. The van der Waals surface area contributed by atoms with Gasteiger partial charge in [0, 0.05) is 28.7 Å². The van der Waals surface area contributed by atoms with Crippen LogP contribution in [0.15, 0.2) is 35.2 Å². The molecule has 1 spiro atoms. The smallest absolute Gasteiger partial charge is 0.339 e. The lowest BCUT2D eigenvalue weighted by Crippen LogP contribution is -2.74. The summed E-state index contributed by atoms with van der Waals surface area (Å²) >= 11 is 0. The number of aliphatic hydroxyl groups is 1. The second-order valence-corrected chi connectivity index (χ2v) is 11.9. The molecule has 5 aliphatic rings. The van der Waals surface area contributed by atoms with Crippen LogP contribution in [0.2, 0.25) is 0 Å². The van der Waals surface area contributed by atoms with Gasteiger partial charge in [-0.15, -0.1) is 0 Å². The molecule has 7 nitrogen and oxygen atoms in total. The number of hydrogen-bond donors (Lipinski definition) is 1. The first-order chi connectivity index (χ1) is 15.4. The molecule has 0 unspecified atom stereocenters. The molecule has 2 saturated carbocycles. The molecule has 1 aromatic heterocycles. The van der Waals surface area contributed by atoms with Crippen molar-refractivity contribution < 1.29 is 33.4 Å². The number of aliphatic hydroxyl groups excluding tert-OH is 1. The van der Waals surface area contributed by atoms with E-state index >= 15 is 0 Å². The molecule has 176 valence electrons. The van der Waals surface area contributed by atoms with Gasteiger partial charge in [-0.1, -0.05) is 33.8 Å². The summed E-state index contributed by atoms with van der Waals surface area (Å²) in [7, 11) is 0. The van der Waals surface area contributed by atoms with Crippen molar-refractivity contribution in [3.05, 3.63) is 36.3 Å². The van der Waals surface area contributed by atoms with Gasteiger partial charge in [-0.3, -0.25) is 9.59 Å². The summed E-state index contributed by atoms with van der Waals surface area (Å²) in [5.41, 5.74) is -3.71. The van der Waals surface area contributed by atoms with Crippen molar-refractivity contribution in [1.82, 2.24) is 0 Å². The van der Waals surface area contributed by atoms with E-state index in [9.17, 15) is 19.5 Å². The van der Waals surface area contributed by atoms with Gasteiger partial charge in [0.1, 0.15) is 17.5 Å². The van der Waals surface area contributed by atoms with E-state index in [0.29, 0.717) is 12.0 Å². The molecule has 0 amide bonds. The number of esters is 1. The van der Waals surface area contributed by atoms with E-state index in [1.807, 2.05) is 40.7 Å². The minimum absolute atomic E-state index is 0.00325. The number of ketones is 2. The van der Waals surface area contributed by atoms with Gasteiger partial charge >= 0.3 is 5.97 Å². The molecular formula is C26H30O7. The van der Waals surface area contributed by atoms with Crippen molar-refractivity contribution in [3.63, 3.8) is 0 Å². The van der Waals surface area contributed by atoms with Crippen molar-refractivity contribution in [3.8, 4) is 0 Å². The Kier molecular flexibility index (Phi) is 3.78. The van der Waals surface area contributed by atoms with Gasteiger partial charge < -0.3 is 19.0 Å². The van der Waals surface area contributed by atoms with Gasteiger partial charge in [-0.25, -0.2) is 4.79 Å². The molecule has 7 heteroatoms. The lowest BCUT2D eigenvalue weighted by atomic mass is 9.35. The maximum atomic E-state index is 14.1. The number of epoxide rings is 1. The van der Waals surface area contributed by atoms with E-state index in [1.54, 1.807) is 18.4 Å². The Labute approximate surface area is 192 Å². The van der Waals surface area contributed by atoms with E-state index in [0.717, 1.165) is 0 Å². The zero-order valence-electron chi connectivity index (χ0n) is 19.6. The van der Waals surface area contributed by atoms with E-state index in [4.69, 9.17) is 13.9 Å². The number of rotatable bonds is 1. The lowest BCUT2D eigenvalue weighted by molar-refractivity contribution is -0.235. The molecule has 4 fully saturated rings. The second-order valence-electron chi connectivity index (χ2n) is 11.9. The molecule has 3 heterocycles. The third-order valence-electron chi connectivity index (χ3n) is 10.2. The third kappa shape index (κ3) is 2.09. The van der Waals surface area contributed by atoms with Gasteiger partial charge in [0.05, 0.1) is 24.0 Å². The highest BCUT2D eigenvalue weighted by atomic mass is 16.7. The molecule has 0 aromatic carbocycles. The largest absolute Gasteiger partial charge is 0.472 e. The van der Waals surface area contributed by atoms with Crippen molar-refractivity contribution in [1.29, 1.82) is 0 Å². The Morgan fingerprint density at radius 2 is 1.79 bits per heavy atom. The predicted molar refractivity (Wildman–Crippen MR) is 115 cm³/mol. The maximum absolute atomic E-state index is 14.1. The number of ether oxygens (including phenoxy) is 2. The van der Waals surface area contributed by atoms with Crippen LogP contribution in [0.1, 0.15) is 59.1 Å². The Bertz CT molecular complexity index is 1120. The topological polar surface area (TPSA) is 106 Å². The summed E-state index contributed by atoms with van der Waals surface area (Å²) in [5, 5.41) is 11.8. The van der Waals surface area contributed by atoms with Gasteiger partial charge in [-0.2, -0.15) is 0 Å². The van der Waals surface area contributed by atoms with Crippen LogP contribution in [0.25, 0.3) is 0 Å². The standard InChI is InChI=1S/C26H30O7/c1-22(2)15-10-17(29)25(5)18(23(15,3)8-6-16(22)28)14(27)11-24(4)19(13-7-9-31-12-13)32-21(30)20-26(24,25)33-20/h6-9,12,14-15,18-20,27H,10-11H2,1-5H3/t14-,15+,18-,19+,20-,23+,24+,25-,26-/m1/s1. The van der Waals surface area contributed by atoms with E-state index in [2.05, 4.69) is 0 Å². The number of allylic oxidation sites excluding steroid dienone is 2. The molecular weight excluding hydrogens is 424 g/mol. The summed E-state index contributed by atoms with van der Waals surface area (Å²) in [6, 6.07) is 1.75. The van der Waals surface area contributed by atoms with Gasteiger partial charge in [0.15, 0.2) is 11.9 Å². The maximum Gasteiger partial charge on any atom is 0.339 e. The van der Waals surface area contributed by atoms with Crippen LogP contribution in [-0.4, -0.2) is 40.5 Å². The second kappa shape index (κ2) is 5.87. The summed E-state index contributed by atoms with van der Waals surface area (Å²) < 4.78 is 17.4. The normalized spacial score (nSPS) is 51.7. The quantitative estimate of drug-likeness (QED) is 0.513. The summed E-state index contributed by atoms with van der Waals surface area (Å²) in [6.07, 6.45) is 4.65. The molecule has 1 aromatic rings. The number of furan rings is 1. The van der Waals surface area contributed by atoms with Crippen LogP contribution < -0.4 is 0 Å². The van der Waals surface area contributed by atoms with Crippen LogP contribution in [0, 0.1) is 33.5 Å². The summed E-state index contributed by atoms with van der Waals surface area (Å²) in [6.45, 7) is 9.64. The fourth-order valence-corrected chi connectivity index (χ4v) is 8.72. The SMILES string of the molecule is CC1(C)C(=O)C=C[C@]2(C)[C@H]3[C@H](O)C[C@@]4(C)[C@H](c5ccoc5)OC(=O)[C@H]5O[C@]54[C@]3(C)C(=O)C[C@@H]12. The van der Waals surface area contributed by atoms with Gasteiger partial charge in [-0.05, 0) is 36.8 Å². The van der Waals surface area contributed by atoms with E-state index in [1.165, 1.54) is 6.26 Å². The Balaban J connectivity index is 1.56. The van der Waals surface area contributed by atoms with Gasteiger partial charge in [0.2, 0.25) is 0 Å². The first-order valence-electron chi connectivity index (χ1n) is 11.7. The van der Waals surface area contributed by atoms with Crippen molar-refractivity contribution in [2.75, 3.05) is 0 Å². The molecule has 1 N–H and O–H groups in total. The van der Waals surface area contributed by atoms with Crippen LogP contribution in [0.5, 0.6) is 0 Å². The molecule has 9 atom stereocenters. The average molecular weight is 455 g/mol. The first kappa shape index (κ1) is 21.3. The predicted octanol–water partition coefficient (Wildman–Crippen LogP) is 3.17. The number of fused-ring (bicyclic) bond motifs is 3. The number of hydrogen-bond acceptors (Lipinski definition) is 7. The average Bonchev–Trinajstić information content (AvgIpc) is 3.31. The Morgan fingerprint density at radius 1 is 1.06 bits per heavy atom. The van der Waals surface area contributed by atoms with Crippen LogP contribution in [-0.2, 0) is 23.9 Å². The molecule has 6 rings (SSSR count). The number of cyclic esters (lactones) is 1. The Hall–Kier alpha value is -2.25. The Morgan fingerprint density at radius 3 is 2.45 bits per heavy atom. The van der Waals surface area contributed by atoms with E-state index < -0.39 is 57.5 Å². The molecule has 0 radical (unpaired) electrons. The van der Waals surface area contributed by atoms with Crippen LogP contribution >= 0.6 is 0 Å². The van der Waals surface area contributed by atoms with Gasteiger partial charge in [0.25, 0.3) is 0 Å². The van der Waals surface area contributed by atoms with Crippen LogP contribution in [0.4, 0.5) is 0 Å². The summed E-state index contributed by atoms with van der Waals surface area (Å²) in [5.74, 6) is -1.30. The molecule has 0 bridgehead atoms. The third-order valence-corrected chi connectivity index (χ3v) is 10.2. The highest BCUT2D eigenvalue weighted by molar-refractivity contribution is 5.98. The van der Waals surface area contributed by atoms with Crippen molar-refractivity contribution in [2.45, 2.75) is 71.4 Å². The monoisotopic (exact) mass is 454 g/mol. The van der Waals surface area contributed by atoms with Crippen LogP contribution in [0.3, 0.4) is 0 Å². The van der Waals surface area contributed by atoms with Crippen molar-refractivity contribution >= 4 is 17.5 Å². The fraction of sp³-hybridized carbons (Fsp3) is 0.654. The summed E-state index contributed by atoms with van der Waals surface area (Å²) in [4.78, 5) is 39.9. The highest BCUT2D eigenvalue weighted by Gasteiger charge is 2.89. The van der Waals surface area contributed by atoms with Crippen molar-refractivity contribution in [2.24, 2.45) is 33.5 Å². The zero-order valence-corrected chi connectivity index (χ0v) is 19.6. The lowest BCUT2D eigenvalue weighted by Gasteiger charge is -2.67. The molecule has 3 aliphatic carbocycles. The minimum Gasteiger partial charge on any atom is -0.472 e. The number of carbonyl (C=O) groups is 3. The molecule has 2 saturated heterocycles. The number of Topliss-reactive ketones (excluding diaryl/α,β-unsaturated/α-hetero) is 1. The molecule has 2 aliphatic heterocycles. The van der Waals surface area contributed by atoms with E-state index in [-0.39, 0.29) is 23.9 Å². The fourth-order valence-electron chi connectivity index (χ4n) is 8.72.